The van der Waals surface area contributed by atoms with Gasteiger partial charge in [0.2, 0.25) is 11.8 Å². The fraction of sp³-hybridized carbons (Fsp3) is 0.444. The van der Waals surface area contributed by atoms with Crippen LogP contribution in [0.3, 0.4) is 0 Å². The van der Waals surface area contributed by atoms with E-state index in [1.807, 2.05) is 68.4 Å². The average Bonchev–Trinajstić information content (AvgIpc) is 2.86. The van der Waals surface area contributed by atoms with Crippen molar-refractivity contribution in [1.82, 2.24) is 25.1 Å². The number of nitrogens with zero attached hydrogens (tertiary/aromatic N) is 4. The van der Waals surface area contributed by atoms with Crippen molar-refractivity contribution in [1.29, 1.82) is 0 Å². The van der Waals surface area contributed by atoms with Crippen molar-refractivity contribution in [2.45, 2.75) is 45.6 Å². The van der Waals surface area contributed by atoms with Crippen molar-refractivity contribution in [3.05, 3.63) is 65.7 Å². The molecule has 192 valence electrons. The topological polar surface area (TPSA) is 85.4 Å². The lowest BCUT2D eigenvalue weighted by Crippen LogP contribution is -2.75. The molecule has 0 aromatic heterocycles. The number of hydrazine groups is 1. The summed E-state index contributed by atoms with van der Waals surface area (Å²) in [4.78, 5) is 43.6. The van der Waals surface area contributed by atoms with Crippen LogP contribution in [0.25, 0.3) is 0 Å². The highest BCUT2D eigenvalue weighted by Crippen LogP contribution is 2.30. The normalized spacial score (nSPS) is 20.5. The Kier molecular flexibility index (Phi) is 7.79. The third kappa shape index (κ3) is 5.46. The highest BCUT2D eigenvalue weighted by atomic mass is 16.5. The maximum Gasteiger partial charge on any atom is 0.334 e. The second-order valence-electron chi connectivity index (χ2n) is 9.80. The third-order valence-corrected chi connectivity index (χ3v) is 6.66. The van der Waals surface area contributed by atoms with E-state index in [4.69, 9.17) is 4.74 Å². The molecule has 36 heavy (non-hydrogen) atoms. The number of hydrogen-bond acceptors (Lipinski definition) is 5. The molecule has 2 aromatic carbocycles. The maximum absolute atomic E-state index is 13.6. The van der Waals surface area contributed by atoms with Gasteiger partial charge >= 0.3 is 6.03 Å². The second-order valence-corrected chi connectivity index (χ2v) is 9.80. The molecule has 2 heterocycles. The minimum atomic E-state index is -0.618. The molecule has 2 saturated heterocycles. The fourth-order valence-corrected chi connectivity index (χ4v) is 4.93. The number of urea groups is 1. The molecule has 2 aromatic rings. The van der Waals surface area contributed by atoms with Crippen molar-refractivity contribution in [3.63, 3.8) is 0 Å². The predicted molar refractivity (Wildman–Crippen MR) is 135 cm³/mol. The number of benzene rings is 2. The third-order valence-electron chi connectivity index (χ3n) is 6.66. The van der Waals surface area contributed by atoms with Gasteiger partial charge in [-0.3, -0.25) is 9.59 Å². The monoisotopic (exact) mass is 493 g/mol. The zero-order valence-electron chi connectivity index (χ0n) is 21.4. The summed E-state index contributed by atoms with van der Waals surface area (Å²) in [5.74, 6) is 0.720. The molecule has 1 N–H and O–H groups in total. The van der Waals surface area contributed by atoms with Crippen molar-refractivity contribution in [2.75, 3.05) is 27.2 Å². The molecule has 4 rings (SSSR count). The molecule has 2 atom stereocenters. The zero-order chi connectivity index (χ0) is 25.8. The lowest BCUT2D eigenvalue weighted by Gasteiger charge is -2.54. The van der Waals surface area contributed by atoms with Gasteiger partial charge in [-0.05, 0) is 35.6 Å². The number of nitrogens with one attached hydrogen (secondary N) is 1. The molecular formula is C27H35N5O4. The van der Waals surface area contributed by atoms with Gasteiger partial charge in [0.1, 0.15) is 18.0 Å². The summed E-state index contributed by atoms with van der Waals surface area (Å²) in [5, 5.41) is 6.22. The van der Waals surface area contributed by atoms with Crippen LogP contribution in [0.4, 0.5) is 4.79 Å². The Bertz CT molecular complexity index is 1080. The molecule has 0 spiro atoms. The van der Waals surface area contributed by atoms with Crippen LogP contribution in [0.1, 0.15) is 31.4 Å². The van der Waals surface area contributed by atoms with E-state index in [1.54, 1.807) is 34.0 Å². The van der Waals surface area contributed by atoms with Crippen LogP contribution < -0.4 is 10.1 Å². The first-order valence-corrected chi connectivity index (χ1v) is 12.3. The summed E-state index contributed by atoms with van der Waals surface area (Å²) in [6.45, 7) is 5.10. The quantitative estimate of drug-likeness (QED) is 0.641. The number of hydrogen-bond donors (Lipinski definition) is 1. The number of methoxy groups -OCH3 is 1. The minimum Gasteiger partial charge on any atom is -0.497 e. The molecule has 4 amide bonds. The molecule has 2 unspecified atom stereocenters. The number of piperazine rings is 1. The molecule has 2 aliphatic rings. The summed E-state index contributed by atoms with van der Waals surface area (Å²) in [5.41, 5.74) is 1.94. The lowest BCUT2D eigenvalue weighted by molar-refractivity contribution is -0.188. The van der Waals surface area contributed by atoms with Crippen LogP contribution in [-0.2, 0) is 22.7 Å². The van der Waals surface area contributed by atoms with Gasteiger partial charge in [-0.15, -0.1) is 0 Å². The van der Waals surface area contributed by atoms with Crippen LogP contribution >= 0.6 is 0 Å². The number of likely N-dealkylation sites (N-methyl/N-ethyl adjacent to an activating group) is 1. The van der Waals surface area contributed by atoms with E-state index in [0.717, 1.165) is 16.9 Å². The Labute approximate surface area is 212 Å². The molecular weight excluding hydrogens is 458 g/mol. The Balaban J connectivity index is 1.60. The van der Waals surface area contributed by atoms with Crippen molar-refractivity contribution >= 4 is 17.8 Å². The Hall–Kier alpha value is -3.59. The highest BCUT2D eigenvalue weighted by Gasteiger charge is 2.50. The largest absolute Gasteiger partial charge is 0.497 e. The van der Waals surface area contributed by atoms with E-state index < -0.39 is 12.2 Å². The van der Waals surface area contributed by atoms with Crippen LogP contribution in [-0.4, -0.2) is 77.1 Å². The summed E-state index contributed by atoms with van der Waals surface area (Å²) in [6, 6.07) is 16.3. The van der Waals surface area contributed by atoms with E-state index >= 15 is 0 Å². The van der Waals surface area contributed by atoms with Gasteiger partial charge in [0.05, 0.1) is 20.2 Å². The van der Waals surface area contributed by atoms with E-state index in [0.29, 0.717) is 19.5 Å². The van der Waals surface area contributed by atoms with Gasteiger partial charge in [0.25, 0.3) is 0 Å². The second kappa shape index (κ2) is 11.0. The highest BCUT2D eigenvalue weighted by molar-refractivity contribution is 5.91. The first-order chi connectivity index (χ1) is 17.3. The van der Waals surface area contributed by atoms with Crippen LogP contribution in [0.15, 0.2) is 54.6 Å². The first-order valence-electron chi connectivity index (χ1n) is 12.3. The van der Waals surface area contributed by atoms with Crippen molar-refractivity contribution < 1.29 is 19.1 Å². The summed E-state index contributed by atoms with van der Waals surface area (Å²) in [7, 11) is 3.35. The minimum absolute atomic E-state index is 0.0373. The van der Waals surface area contributed by atoms with E-state index in [-0.39, 0.29) is 36.9 Å². The summed E-state index contributed by atoms with van der Waals surface area (Å²) >= 11 is 0. The Morgan fingerprint density at radius 2 is 1.75 bits per heavy atom. The molecule has 0 radical (unpaired) electrons. The number of ether oxygens (including phenoxy) is 1. The van der Waals surface area contributed by atoms with Gasteiger partial charge in [0, 0.05) is 20.1 Å². The van der Waals surface area contributed by atoms with Gasteiger partial charge in [-0.2, -0.15) is 0 Å². The van der Waals surface area contributed by atoms with Crippen molar-refractivity contribution in [3.8, 4) is 5.75 Å². The number of carbonyl (C=O) groups is 3. The van der Waals surface area contributed by atoms with Crippen LogP contribution in [0.5, 0.6) is 5.75 Å². The van der Waals surface area contributed by atoms with Crippen molar-refractivity contribution in [2.24, 2.45) is 5.92 Å². The maximum atomic E-state index is 13.6. The number of carbonyl (C=O) groups excluding carboxylic acids is 3. The number of fused-ring (bicyclic) bond motifs is 1. The molecule has 0 bridgehead atoms. The van der Waals surface area contributed by atoms with Gasteiger partial charge in [-0.1, -0.05) is 56.3 Å². The standard InChI is InChI=1S/C27H35N5O4/c1-19(2)14-23-26(34)30(16-21-10-12-22(36-4)13-11-21)17-24-31(23)25(33)18-29(3)32(24)27(35)28-15-20-8-6-5-7-9-20/h5-13,19,23-24H,14-18H2,1-4H3,(H,28,35). The SMILES string of the molecule is COc1ccc(CN2CC3N(C(=O)CN(C)N3C(=O)NCc3ccccc3)C(CC(C)C)C2=O)cc1. The number of amides is 4. The molecule has 0 saturated carbocycles. The van der Waals surface area contributed by atoms with Gasteiger partial charge in [0.15, 0.2) is 0 Å². The van der Waals surface area contributed by atoms with Gasteiger partial charge < -0.3 is 19.9 Å². The average molecular weight is 494 g/mol. The molecule has 2 aliphatic heterocycles. The molecule has 2 fully saturated rings. The van der Waals surface area contributed by atoms with E-state index in [9.17, 15) is 14.4 Å². The number of rotatable bonds is 7. The smallest absolute Gasteiger partial charge is 0.334 e. The Morgan fingerprint density at radius 1 is 1.06 bits per heavy atom. The fourth-order valence-electron chi connectivity index (χ4n) is 4.93. The zero-order valence-corrected chi connectivity index (χ0v) is 21.4. The Morgan fingerprint density at radius 3 is 2.39 bits per heavy atom. The molecule has 9 heteroatoms. The summed E-state index contributed by atoms with van der Waals surface area (Å²) < 4.78 is 5.25. The predicted octanol–water partition coefficient (Wildman–Crippen LogP) is 2.68. The molecule has 0 aliphatic carbocycles. The summed E-state index contributed by atoms with van der Waals surface area (Å²) in [6.07, 6.45) is -0.0599. The first kappa shape index (κ1) is 25.5. The van der Waals surface area contributed by atoms with Crippen LogP contribution in [0, 0.1) is 5.92 Å². The van der Waals surface area contributed by atoms with E-state index in [2.05, 4.69) is 5.32 Å². The van der Waals surface area contributed by atoms with Crippen LogP contribution in [0.2, 0.25) is 0 Å². The van der Waals surface area contributed by atoms with Gasteiger partial charge in [-0.25, -0.2) is 14.8 Å². The lowest BCUT2D eigenvalue weighted by atomic mass is 9.96. The van der Waals surface area contributed by atoms with E-state index in [1.165, 1.54) is 0 Å². The molecule has 9 nitrogen and oxygen atoms in total.